The molecule has 0 radical (unpaired) electrons. The fourth-order valence-electron chi connectivity index (χ4n) is 2.42. The third kappa shape index (κ3) is 4.73. The first kappa shape index (κ1) is 18.7. The number of aromatic nitrogens is 1. The molecule has 0 fully saturated rings. The van der Waals surface area contributed by atoms with Crippen LogP contribution in [-0.4, -0.2) is 25.7 Å². The molecule has 1 atom stereocenters. The van der Waals surface area contributed by atoms with Crippen LogP contribution >= 0.6 is 0 Å². The van der Waals surface area contributed by atoms with Gasteiger partial charge in [0.2, 0.25) is 6.10 Å². The van der Waals surface area contributed by atoms with Crippen molar-refractivity contribution in [2.75, 3.05) is 11.6 Å². The van der Waals surface area contributed by atoms with Gasteiger partial charge < -0.3 is 14.6 Å². The zero-order valence-corrected chi connectivity index (χ0v) is 15.6. The van der Waals surface area contributed by atoms with Crippen LogP contribution < -0.4 is 10.1 Å². The van der Waals surface area contributed by atoms with Crippen molar-refractivity contribution in [3.05, 3.63) is 72.0 Å². The Morgan fingerprint density at radius 3 is 2.33 bits per heavy atom. The van der Waals surface area contributed by atoms with E-state index in [2.05, 4.69) is 10.5 Å². The maximum atomic E-state index is 12.7. The van der Waals surface area contributed by atoms with Crippen LogP contribution in [0.5, 0.6) is 5.75 Å². The molecule has 0 aliphatic carbocycles. The van der Waals surface area contributed by atoms with Crippen molar-refractivity contribution in [2.24, 2.45) is 0 Å². The number of anilines is 1. The smallest absolute Gasteiger partial charge is 0.271 e. The highest BCUT2D eigenvalue weighted by atomic mass is 32.2. The average molecular weight is 386 g/mol. The SMILES string of the molecule is Cc1cc(NC(=O)C(Oc2ccc(S(C)(=O)=O)cc2)c2ccccc2)no1. The number of nitrogens with one attached hydrogen (secondary N) is 1. The predicted octanol–water partition coefficient (Wildman–Crippen LogP) is 3.15. The molecule has 27 heavy (non-hydrogen) atoms. The van der Waals surface area contributed by atoms with E-state index in [1.807, 2.05) is 6.07 Å². The lowest BCUT2D eigenvalue weighted by atomic mass is 10.1. The molecule has 140 valence electrons. The quantitative estimate of drug-likeness (QED) is 0.699. The Bertz CT molecular complexity index is 1030. The van der Waals surface area contributed by atoms with Gasteiger partial charge in [-0.25, -0.2) is 8.42 Å². The summed E-state index contributed by atoms with van der Waals surface area (Å²) in [6.45, 7) is 1.72. The molecule has 0 saturated carbocycles. The number of hydrogen-bond acceptors (Lipinski definition) is 6. The third-order valence-electron chi connectivity index (χ3n) is 3.73. The molecule has 0 saturated heterocycles. The molecule has 8 heteroatoms. The van der Waals surface area contributed by atoms with E-state index >= 15 is 0 Å². The van der Waals surface area contributed by atoms with Gasteiger partial charge in [-0.2, -0.15) is 0 Å². The van der Waals surface area contributed by atoms with Crippen LogP contribution in [0.25, 0.3) is 0 Å². The highest BCUT2D eigenvalue weighted by Crippen LogP contribution is 2.25. The highest BCUT2D eigenvalue weighted by molar-refractivity contribution is 7.90. The Kier molecular flexibility index (Phi) is 5.27. The Hall–Kier alpha value is -3.13. The van der Waals surface area contributed by atoms with Crippen molar-refractivity contribution in [1.29, 1.82) is 0 Å². The molecule has 0 bridgehead atoms. The Labute approximate surface area is 156 Å². The summed E-state index contributed by atoms with van der Waals surface area (Å²) in [7, 11) is -3.31. The summed E-state index contributed by atoms with van der Waals surface area (Å²) >= 11 is 0. The maximum Gasteiger partial charge on any atom is 0.271 e. The Morgan fingerprint density at radius 1 is 1.11 bits per heavy atom. The molecule has 0 aliphatic heterocycles. The van der Waals surface area contributed by atoms with Crippen LogP contribution in [-0.2, 0) is 14.6 Å². The first-order valence-electron chi connectivity index (χ1n) is 8.09. The number of carbonyl (C=O) groups excluding carboxylic acids is 1. The van der Waals surface area contributed by atoms with Crippen molar-refractivity contribution in [1.82, 2.24) is 5.16 Å². The minimum absolute atomic E-state index is 0.175. The number of ether oxygens (including phenoxy) is 1. The summed E-state index contributed by atoms with van der Waals surface area (Å²) in [5, 5.41) is 6.40. The molecule has 0 aliphatic rings. The van der Waals surface area contributed by atoms with Gasteiger partial charge in [0.1, 0.15) is 11.5 Å². The number of sulfone groups is 1. The summed E-state index contributed by atoms with van der Waals surface area (Å²) < 4.78 is 34.0. The molecule has 1 N–H and O–H groups in total. The number of carbonyl (C=O) groups is 1. The van der Waals surface area contributed by atoms with Crippen LogP contribution in [0, 0.1) is 6.92 Å². The molecular weight excluding hydrogens is 368 g/mol. The van der Waals surface area contributed by atoms with Crippen LogP contribution in [0.2, 0.25) is 0 Å². The van der Waals surface area contributed by atoms with Crippen molar-refractivity contribution in [2.45, 2.75) is 17.9 Å². The Balaban J connectivity index is 1.85. The second-order valence-corrected chi connectivity index (χ2v) is 7.98. The lowest BCUT2D eigenvalue weighted by Gasteiger charge is -2.18. The normalized spacial score (nSPS) is 12.4. The summed E-state index contributed by atoms with van der Waals surface area (Å²) in [4.78, 5) is 12.9. The van der Waals surface area contributed by atoms with Crippen molar-refractivity contribution in [3.63, 3.8) is 0 Å². The van der Waals surface area contributed by atoms with Gasteiger partial charge in [-0.1, -0.05) is 35.5 Å². The second-order valence-electron chi connectivity index (χ2n) is 5.96. The Morgan fingerprint density at radius 2 is 1.78 bits per heavy atom. The number of hydrogen-bond donors (Lipinski definition) is 1. The molecule has 1 aromatic heterocycles. The number of nitrogens with zero attached hydrogens (tertiary/aromatic N) is 1. The molecule has 3 rings (SSSR count). The number of rotatable bonds is 6. The molecule has 1 heterocycles. The van der Waals surface area contributed by atoms with E-state index in [-0.39, 0.29) is 10.7 Å². The minimum Gasteiger partial charge on any atom is -0.476 e. The number of benzene rings is 2. The second kappa shape index (κ2) is 7.63. The number of aryl methyl sites for hydroxylation is 1. The van der Waals surface area contributed by atoms with Crippen LogP contribution in [0.15, 0.2) is 70.1 Å². The van der Waals surface area contributed by atoms with Gasteiger partial charge >= 0.3 is 0 Å². The summed E-state index contributed by atoms with van der Waals surface area (Å²) in [6, 6.07) is 16.5. The summed E-state index contributed by atoms with van der Waals surface area (Å²) in [5.74, 6) is 0.790. The molecule has 1 unspecified atom stereocenters. The fourth-order valence-corrected chi connectivity index (χ4v) is 3.05. The molecule has 2 aromatic carbocycles. The molecule has 7 nitrogen and oxygen atoms in total. The maximum absolute atomic E-state index is 12.7. The minimum atomic E-state index is -3.31. The van der Waals surface area contributed by atoms with Gasteiger partial charge in [0.25, 0.3) is 5.91 Å². The molecule has 0 spiro atoms. The van der Waals surface area contributed by atoms with E-state index in [0.717, 1.165) is 6.26 Å². The fraction of sp³-hybridized carbons (Fsp3) is 0.158. The van der Waals surface area contributed by atoms with E-state index in [4.69, 9.17) is 9.26 Å². The zero-order valence-electron chi connectivity index (χ0n) is 14.7. The van der Waals surface area contributed by atoms with Crippen LogP contribution in [0.1, 0.15) is 17.4 Å². The largest absolute Gasteiger partial charge is 0.476 e. The molecule has 3 aromatic rings. The van der Waals surface area contributed by atoms with Crippen molar-refractivity contribution in [3.8, 4) is 5.75 Å². The van der Waals surface area contributed by atoms with E-state index in [9.17, 15) is 13.2 Å². The van der Waals surface area contributed by atoms with E-state index in [0.29, 0.717) is 17.1 Å². The van der Waals surface area contributed by atoms with Crippen LogP contribution in [0.4, 0.5) is 5.82 Å². The van der Waals surface area contributed by atoms with Gasteiger partial charge in [-0.05, 0) is 31.2 Å². The first-order valence-corrected chi connectivity index (χ1v) is 9.98. The first-order chi connectivity index (χ1) is 12.8. The molecule has 1 amide bonds. The molecular formula is C19H18N2O5S. The van der Waals surface area contributed by atoms with Gasteiger partial charge in [-0.3, -0.25) is 4.79 Å². The summed E-state index contributed by atoms with van der Waals surface area (Å²) in [5.41, 5.74) is 0.641. The predicted molar refractivity (Wildman–Crippen MR) is 99.2 cm³/mol. The van der Waals surface area contributed by atoms with Gasteiger partial charge in [0, 0.05) is 17.9 Å². The lowest BCUT2D eigenvalue weighted by molar-refractivity contribution is -0.123. The van der Waals surface area contributed by atoms with Crippen LogP contribution in [0.3, 0.4) is 0 Å². The topological polar surface area (TPSA) is 98.5 Å². The average Bonchev–Trinajstić information content (AvgIpc) is 3.04. The van der Waals surface area contributed by atoms with Crippen molar-refractivity contribution >= 4 is 21.6 Å². The van der Waals surface area contributed by atoms with Crippen molar-refractivity contribution < 1.29 is 22.5 Å². The summed E-state index contributed by atoms with van der Waals surface area (Å²) in [6.07, 6.45) is 0.176. The highest BCUT2D eigenvalue weighted by Gasteiger charge is 2.24. The van der Waals surface area contributed by atoms with Gasteiger partial charge in [-0.15, -0.1) is 0 Å². The van der Waals surface area contributed by atoms with E-state index < -0.39 is 21.8 Å². The standard InChI is InChI=1S/C19H18N2O5S/c1-13-12-17(21-26-13)20-19(22)18(14-6-4-3-5-7-14)25-15-8-10-16(11-9-15)27(2,23)24/h3-12,18H,1-2H3,(H,20,21,22). The van der Waals surface area contributed by atoms with Gasteiger partial charge in [0.05, 0.1) is 4.90 Å². The monoisotopic (exact) mass is 386 g/mol. The van der Waals surface area contributed by atoms with E-state index in [1.54, 1.807) is 37.3 Å². The number of amides is 1. The zero-order chi connectivity index (χ0) is 19.4. The van der Waals surface area contributed by atoms with E-state index in [1.165, 1.54) is 24.3 Å². The third-order valence-corrected chi connectivity index (χ3v) is 4.85. The lowest BCUT2D eigenvalue weighted by Crippen LogP contribution is -2.25. The van der Waals surface area contributed by atoms with Gasteiger partial charge in [0.15, 0.2) is 15.7 Å².